The highest BCUT2D eigenvalue weighted by Gasteiger charge is 2.14. The standard InChI is InChI=1S/C19H41N3O/c1-5-7-8-9-10-11-12-13-14-15-17-22(3,4)18-16-21-19(23)20-6-2/h5-18H2,1-4H3,(H-,20,21,23)/p+1. The number of nitrogens with zero attached hydrogens (tertiary/aromatic N) is 1. The molecule has 23 heavy (non-hydrogen) atoms. The molecule has 138 valence electrons. The lowest BCUT2D eigenvalue weighted by Crippen LogP contribution is -2.47. The molecule has 0 atom stereocenters. The van der Waals surface area contributed by atoms with Crippen LogP contribution in [0.4, 0.5) is 4.79 Å². The van der Waals surface area contributed by atoms with Gasteiger partial charge in [0.15, 0.2) is 0 Å². The Morgan fingerprint density at radius 3 is 1.78 bits per heavy atom. The van der Waals surface area contributed by atoms with Crippen molar-refractivity contribution >= 4 is 6.03 Å². The van der Waals surface area contributed by atoms with Crippen molar-refractivity contribution in [2.45, 2.75) is 78.1 Å². The molecule has 0 fully saturated rings. The highest BCUT2D eigenvalue weighted by Crippen LogP contribution is 2.11. The molecule has 0 saturated heterocycles. The molecule has 0 unspecified atom stereocenters. The van der Waals surface area contributed by atoms with Crippen LogP contribution in [0.5, 0.6) is 0 Å². The van der Waals surface area contributed by atoms with Crippen LogP contribution >= 0.6 is 0 Å². The molecule has 0 aliphatic carbocycles. The van der Waals surface area contributed by atoms with Crippen LogP contribution < -0.4 is 10.6 Å². The summed E-state index contributed by atoms with van der Waals surface area (Å²) in [7, 11) is 4.51. The molecule has 0 aromatic heterocycles. The maximum atomic E-state index is 11.3. The predicted octanol–water partition coefficient (Wildman–Crippen LogP) is 4.30. The van der Waals surface area contributed by atoms with Crippen LogP contribution in [0.15, 0.2) is 0 Å². The highest BCUT2D eigenvalue weighted by atomic mass is 16.2. The minimum Gasteiger partial charge on any atom is -0.338 e. The van der Waals surface area contributed by atoms with E-state index in [0.717, 1.165) is 17.6 Å². The van der Waals surface area contributed by atoms with Crippen molar-refractivity contribution in [3.8, 4) is 0 Å². The summed E-state index contributed by atoms with van der Waals surface area (Å²) in [6.45, 7) is 7.84. The minimum atomic E-state index is -0.0496. The number of unbranched alkanes of at least 4 members (excludes halogenated alkanes) is 9. The molecule has 0 radical (unpaired) electrons. The van der Waals surface area contributed by atoms with Crippen molar-refractivity contribution < 1.29 is 9.28 Å². The Balaban J connectivity index is 3.43. The molecule has 0 aliphatic heterocycles. The lowest BCUT2D eigenvalue weighted by Gasteiger charge is -2.30. The van der Waals surface area contributed by atoms with Crippen LogP contribution in [0, 0.1) is 0 Å². The summed E-state index contributed by atoms with van der Waals surface area (Å²) < 4.78 is 0.990. The third-order valence-corrected chi connectivity index (χ3v) is 4.46. The van der Waals surface area contributed by atoms with E-state index in [1.54, 1.807) is 0 Å². The van der Waals surface area contributed by atoms with E-state index in [0.29, 0.717) is 6.54 Å². The zero-order valence-corrected chi connectivity index (χ0v) is 16.3. The Kier molecular flexibility index (Phi) is 14.3. The molecule has 2 amide bonds. The van der Waals surface area contributed by atoms with Gasteiger partial charge in [-0.15, -0.1) is 0 Å². The second-order valence-electron chi connectivity index (χ2n) is 7.35. The molecule has 0 bridgehead atoms. The van der Waals surface area contributed by atoms with Gasteiger partial charge >= 0.3 is 6.03 Å². The van der Waals surface area contributed by atoms with Crippen molar-refractivity contribution in [2.75, 3.05) is 40.3 Å². The van der Waals surface area contributed by atoms with Gasteiger partial charge in [0.25, 0.3) is 0 Å². The Morgan fingerprint density at radius 1 is 0.739 bits per heavy atom. The third-order valence-electron chi connectivity index (χ3n) is 4.46. The smallest absolute Gasteiger partial charge is 0.314 e. The topological polar surface area (TPSA) is 41.1 Å². The van der Waals surface area contributed by atoms with Gasteiger partial charge in [0.1, 0.15) is 0 Å². The average molecular weight is 329 g/mol. The van der Waals surface area contributed by atoms with E-state index in [9.17, 15) is 4.79 Å². The summed E-state index contributed by atoms with van der Waals surface area (Å²) in [5, 5.41) is 5.68. The molecule has 0 aliphatic rings. The predicted molar refractivity (Wildman–Crippen MR) is 101 cm³/mol. The van der Waals surface area contributed by atoms with Gasteiger partial charge in [0, 0.05) is 6.54 Å². The summed E-state index contributed by atoms with van der Waals surface area (Å²) >= 11 is 0. The molecular weight excluding hydrogens is 286 g/mol. The van der Waals surface area contributed by atoms with E-state index in [1.165, 1.54) is 70.8 Å². The van der Waals surface area contributed by atoms with Gasteiger partial charge < -0.3 is 15.1 Å². The van der Waals surface area contributed by atoms with Crippen LogP contribution in [0.1, 0.15) is 78.1 Å². The molecule has 4 nitrogen and oxygen atoms in total. The van der Waals surface area contributed by atoms with E-state index in [1.807, 2.05) is 6.92 Å². The fourth-order valence-electron chi connectivity index (χ4n) is 2.83. The zero-order valence-electron chi connectivity index (χ0n) is 16.3. The van der Waals surface area contributed by atoms with Crippen molar-refractivity contribution in [2.24, 2.45) is 0 Å². The average Bonchev–Trinajstić information content (AvgIpc) is 2.49. The van der Waals surface area contributed by atoms with E-state index >= 15 is 0 Å². The first-order valence-electron chi connectivity index (χ1n) is 9.85. The summed E-state index contributed by atoms with van der Waals surface area (Å²) in [5.74, 6) is 0. The summed E-state index contributed by atoms with van der Waals surface area (Å²) in [4.78, 5) is 11.3. The number of urea groups is 1. The summed E-state index contributed by atoms with van der Waals surface area (Å²) in [6.07, 6.45) is 13.9. The molecule has 0 spiro atoms. The number of quaternary nitrogens is 1. The number of hydrogen-bond donors (Lipinski definition) is 2. The van der Waals surface area contributed by atoms with Crippen molar-refractivity contribution in [3.63, 3.8) is 0 Å². The van der Waals surface area contributed by atoms with Crippen LogP contribution in [0.25, 0.3) is 0 Å². The van der Waals surface area contributed by atoms with Crippen LogP contribution in [-0.4, -0.2) is 50.8 Å². The quantitative estimate of drug-likeness (QED) is 0.341. The van der Waals surface area contributed by atoms with Gasteiger partial charge in [0.05, 0.1) is 33.7 Å². The van der Waals surface area contributed by atoms with E-state index < -0.39 is 0 Å². The van der Waals surface area contributed by atoms with E-state index in [-0.39, 0.29) is 6.03 Å². The van der Waals surface area contributed by atoms with Crippen molar-refractivity contribution in [3.05, 3.63) is 0 Å². The zero-order chi connectivity index (χ0) is 17.4. The third kappa shape index (κ3) is 15.9. The van der Waals surface area contributed by atoms with Gasteiger partial charge in [-0.3, -0.25) is 0 Å². The first-order valence-corrected chi connectivity index (χ1v) is 9.85. The first-order chi connectivity index (χ1) is 11.0. The number of carbonyl (C=O) groups is 1. The van der Waals surface area contributed by atoms with E-state index in [4.69, 9.17) is 0 Å². The summed E-state index contributed by atoms with van der Waals surface area (Å²) in [6, 6.07) is -0.0496. The van der Waals surface area contributed by atoms with Gasteiger partial charge in [-0.05, 0) is 19.8 Å². The molecule has 0 saturated carbocycles. The first kappa shape index (κ1) is 22.2. The van der Waals surface area contributed by atoms with Gasteiger partial charge in [0.2, 0.25) is 0 Å². The summed E-state index contributed by atoms with van der Waals surface area (Å²) in [5.41, 5.74) is 0. The number of nitrogens with one attached hydrogen (secondary N) is 2. The largest absolute Gasteiger partial charge is 0.338 e. The van der Waals surface area contributed by atoms with Crippen LogP contribution in [-0.2, 0) is 0 Å². The fourth-order valence-corrected chi connectivity index (χ4v) is 2.83. The normalized spacial score (nSPS) is 11.5. The van der Waals surface area contributed by atoms with Crippen LogP contribution in [0.2, 0.25) is 0 Å². The Morgan fingerprint density at radius 2 is 1.26 bits per heavy atom. The number of amides is 2. The molecule has 0 aromatic carbocycles. The lowest BCUT2D eigenvalue weighted by molar-refractivity contribution is -0.889. The number of hydrogen-bond acceptors (Lipinski definition) is 1. The molecule has 2 N–H and O–H groups in total. The lowest BCUT2D eigenvalue weighted by atomic mass is 10.1. The number of carbonyl (C=O) groups excluding carboxylic acids is 1. The second kappa shape index (κ2) is 14.8. The Labute approximate surface area is 145 Å². The molecule has 0 rings (SSSR count). The maximum Gasteiger partial charge on any atom is 0.314 e. The van der Waals surface area contributed by atoms with Crippen LogP contribution in [0.3, 0.4) is 0 Å². The SMILES string of the molecule is CCCCCCCCCCCC[N+](C)(C)CCNC(=O)NCC. The number of likely N-dealkylation sites (N-methyl/N-ethyl adjacent to an activating group) is 1. The van der Waals surface area contributed by atoms with Gasteiger partial charge in [-0.25, -0.2) is 4.79 Å². The highest BCUT2D eigenvalue weighted by molar-refractivity contribution is 5.73. The molecule has 4 heteroatoms. The van der Waals surface area contributed by atoms with Gasteiger partial charge in [-0.1, -0.05) is 58.3 Å². The molecule has 0 aromatic rings. The van der Waals surface area contributed by atoms with Gasteiger partial charge in [-0.2, -0.15) is 0 Å². The Bertz CT molecular complexity index is 280. The Hall–Kier alpha value is -0.770. The second-order valence-corrected chi connectivity index (χ2v) is 7.35. The fraction of sp³-hybridized carbons (Fsp3) is 0.947. The minimum absolute atomic E-state index is 0.0496. The van der Waals surface area contributed by atoms with Crippen molar-refractivity contribution in [1.29, 1.82) is 0 Å². The number of rotatable bonds is 15. The monoisotopic (exact) mass is 328 g/mol. The molecular formula is C19H42N3O+. The van der Waals surface area contributed by atoms with Crippen molar-refractivity contribution in [1.82, 2.24) is 10.6 Å². The van der Waals surface area contributed by atoms with E-state index in [2.05, 4.69) is 31.7 Å². The maximum absolute atomic E-state index is 11.3. The molecule has 0 heterocycles.